The molecular formula is C18H31N7O4S. The summed E-state index contributed by atoms with van der Waals surface area (Å²) in [5.41, 5.74) is 2.81. The Kier molecular flexibility index (Phi) is 7.45. The summed E-state index contributed by atoms with van der Waals surface area (Å²) >= 11 is 0. The molecule has 168 valence electrons. The molecule has 1 aliphatic heterocycles. The van der Waals surface area contributed by atoms with Crippen LogP contribution in [0.5, 0.6) is 0 Å². The number of nitrogens with one attached hydrogen (secondary N) is 1. The second-order valence-corrected chi connectivity index (χ2v) is 9.55. The predicted molar refractivity (Wildman–Crippen MR) is 113 cm³/mol. The van der Waals surface area contributed by atoms with E-state index >= 15 is 0 Å². The van der Waals surface area contributed by atoms with Gasteiger partial charge in [-0.15, -0.1) is 0 Å². The zero-order valence-corrected chi connectivity index (χ0v) is 18.7. The molecule has 0 atom stereocenters. The van der Waals surface area contributed by atoms with Gasteiger partial charge in [0.25, 0.3) is 0 Å². The zero-order chi connectivity index (χ0) is 21.7. The van der Waals surface area contributed by atoms with E-state index in [2.05, 4.69) is 20.4 Å². The number of sulfonamides is 1. The number of hydrogen-bond acceptors (Lipinski definition) is 7. The van der Waals surface area contributed by atoms with E-state index in [4.69, 9.17) is 4.74 Å². The van der Waals surface area contributed by atoms with Crippen molar-refractivity contribution >= 4 is 27.0 Å². The van der Waals surface area contributed by atoms with Crippen LogP contribution in [0.1, 0.15) is 12.1 Å². The normalized spacial score (nSPS) is 16.4. The highest BCUT2D eigenvalue weighted by Gasteiger charge is 2.26. The number of ether oxygens (including phenoxy) is 1. The lowest BCUT2D eigenvalue weighted by molar-refractivity contribution is -0.121. The van der Waals surface area contributed by atoms with Gasteiger partial charge in [-0.05, 0) is 6.92 Å². The number of piperazine rings is 1. The smallest absolute Gasteiger partial charge is 0.221 e. The van der Waals surface area contributed by atoms with Crippen LogP contribution in [-0.4, -0.2) is 102 Å². The Morgan fingerprint density at radius 1 is 1.23 bits per heavy atom. The van der Waals surface area contributed by atoms with E-state index in [0.717, 1.165) is 16.7 Å². The Morgan fingerprint density at radius 3 is 2.67 bits per heavy atom. The summed E-state index contributed by atoms with van der Waals surface area (Å²) in [6.45, 7) is 6.14. The minimum Gasteiger partial charge on any atom is -0.384 e. The standard InChI is InChI=1S/C18H31N7O4S/c1-15-18-16(22(2)21-15)14-20-25(18)6-4-17(26)19-5-7-23-8-10-24(11-9-23)30(27,28)13-12-29-3/h14H,4-13H2,1-3H3,(H,19,26). The molecule has 0 radical (unpaired) electrons. The molecule has 0 spiro atoms. The first-order valence-electron chi connectivity index (χ1n) is 10.1. The first-order chi connectivity index (χ1) is 14.3. The highest BCUT2D eigenvalue weighted by molar-refractivity contribution is 7.89. The SMILES string of the molecule is COCCS(=O)(=O)N1CCN(CCNC(=O)CCn2ncc3c2c(C)nn3C)CC1. The summed E-state index contributed by atoms with van der Waals surface area (Å²) in [6, 6.07) is 0. The van der Waals surface area contributed by atoms with Crippen LogP contribution in [0.2, 0.25) is 0 Å². The van der Waals surface area contributed by atoms with Gasteiger partial charge in [0, 0.05) is 59.8 Å². The third-order valence-corrected chi connectivity index (χ3v) is 7.22. The molecule has 3 heterocycles. The number of amides is 1. The predicted octanol–water partition coefficient (Wildman–Crippen LogP) is -0.822. The van der Waals surface area contributed by atoms with E-state index in [1.165, 1.54) is 11.4 Å². The van der Waals surface area contributed by atoms with Crippen LogP contribution >= 0.6 is 0 Å². The van der Waals surface area contributed by atoms with E-state index in [-0.39, 0.29) is 18.3 Å². The minimum absolute atomic E-state index is 0.0146. The Hall–Kier alpha value is -2.02. The van der Waals surface area contributed by atoms with Crippen LogP contribution < -0.4 is 5.32 Å². The Labute approximate surface area is 177 Å². The number of fused-ring (bicyclic) bond motifs is 1. The van der Waals surface area contributed by atoms with Crippen molar-refractivity contribution in [2.24, 2.45) is 7.05 Å². The Morgan fingerprint density at radius 2 is 1.97 bits per heavy atom. The third-order valence-electron chi connectivity index (χ3n) is 5.38. The van der Waals surface area contributed by atoms with E-state index in [9.17, 15) is 13.2 Å². The molecule has 12 heteroatoms. The fourth-order valence-electron chi connectivity index (χ4n) is 3.68. The maximum absolute atomic E-state index is 12.2. The van der Waals surface area contributed by atoms with Gasteiger partial charge < -0.3 is 10.1 Å². The van der Waals surface area contributed by atoms with Gasteiger partial charge in [-0.3, -0.25) is 19.1 Å². The first kappa shape index (κ1) is 22.7. The lowest BCUT2D eigenvalue weighted by Gasteiger charge is -2.33. The summed E-state index contributed by atoms with van der Waals surface area (Å²) in [7, 11) is 0.124. The number of rotatable bonds is 10. The first-order valence-corrected chi connectivity index (χ1v) is 11.7. The average Bonchev–Trinajstić information content (AvgIpc) is 3.27. The van der Waals surface area contributed by atoms with Gasteiger partial charge in [-0.1, -0.05) is 0 Å². The molecule has 1 amide bonds. The van der Waals surface area contributed by atoms with Crippen molar-refractivity contribution in [1.29, 1.82) is 0 Å². The Bertz CT molecular complexity index is 961. The molecular weight excluding hydrogens is 410 g/mol. The van der Waals surface area contributed by atoms with Gasteiger partial charge in [0.2, 0.25) is 15.9 Å². The zero-order valence-electron chi connectivity index (χ0n) is 17.9. The van der Waals surface area contributed by atoms with E-state index in [0.29, 0.717) is 52.2 Å². The van der Waals surface area contributed by atoms with Crippen LogP contribution in [0.4, 0.5) is 0 Å². The van der Waals surface area contributed by atoms with Crippen LogP contribution in [-0.2, 0) is 33.1 Å². The van der Waals surface area contributed by atoms with Gasteiger partial charge in [0.1, 0.15) is 11.0 Å². The fourth-order valence-corrected chi connectivity index (χ4v) is 5.03. The van der Waals surface area contributed by atoms with Crippen molar-refractivity contribution < 1.29 is 17.9 Å². The molecule has 11 nitrogen and oxygen atoms in total. The fraction of sp³-hybridized carbons (Fsp3) is 0.722. The molecule has 1 aliphatic rings. The van der Waals surface area contributed by atoms with Gasteiger partial charge in [-0.2, -0.15) is 14.5 Å². The molecule has 0 aliphatic carbocycles. The Balaban J connectivity index is 1.36. The average molecular weight is 442 g/mol. The molecule has 1 fully saturated rings. The lowest BCUT2D eigenvalue weighted by atomic mass is 10.3. The summed E-state index contributed by atoms with van der Waals surface area (Å²) in [5.74, 6) is -0.0123. The van der Waals surface area contributed by atoms with Crippen molar-refractivity contribution in [3.63, 3.8) is 0 Å². The monoisotopic (exact) mass is 441 g/mol. The van der Waals surface area contributed by atoms with Crippen molar-refractivity contribution in [1.82, 2.24) is 34.1 Å². The maximum Gasteiger partial charge on any atom is 0.221 e. The molecule has 0 saturated carbocycles. The molecule has 1 saturated heterocycles. The highest BCUT2D eigenvalue weighted by atomic mass is 32.2. The summed E-state index contributed by atoms with van der Waals surface area (Å²) in [4.78, 5) is 14.4. The van der Waals surface area contributed by atoms with Gasteiger partial charge >= 0.3 is 0 Å². The number of nitrogens with zero attached hydrogens (tertiary/aromatic N) is 6. The maximum atomic E-state index is 12.2. The van der Waals surface area contributed by atoms with Crippen molar-refractivity contribution in [3.8, 4) is 0 Å². The number of aryl methyl sites for hydroxylation is 3. The van der Waals surface area contributed by atoms with Crippen LogP contribution in [0.15, 0.2) is 6.20 Å². The molecule has 2 aromatic rings. The van der Waals surface area contributed by atoms with Gasteiger partial charge in [0.15, 0.2) is 0 Å². The third kappa shape index (κ3) is 5.36. The van der Waals surface area contributed by atoms with Crippen molar-refractivity contribution in [2.75, 3.05) is 58.7 Å². The molecule has 0 unspecified atom stereocenters. The number of aromatic nitrogens is 4. The summed E-state index contributed by atoms with van der Waals surface area (Å²) in [6.07, 6.45) is 2.11. The van der Waals surface area contributed by atoms with E-state index in [1.807, 2.05) is 18.7 Å². The summed E-state index contributed by atoms with van der Waals surface area (Å²) < 4.78 is 34.4. The van der Waals surface area contributed by atoms with Crippen LogP contribution in [0.3, 0.4) is 0 Å². The van der Waals surface area contributed by atoms with E-state index < -0.39 is 10.0 Å². The highest BCUT2D eigenvalue weighted by Crippen LogP contribution is 2.16. The minimum atomic E-state index is -3.25. The van der Waals surface area contributed by atoms with E-state index in [1.54, 1.807) is 10.9 Å². The second-order valence-electron chi connectivity index (χ2n) is 7.46. The number of carbonyl (C=O) groups excluding carboxylic acids is 1. The van der Waals surface area contributed by atoms with Gasteiger partial charge in [-0.25, -0.2) is 8.42 Å². The van der Waals surface area contributed by atoms with Crippen LogP contribution in [0, 0.1) is 6.92 Å². The quantitative estimate of drug-likeness (QED) is 0.512. The molecule has 3 rings (SSSR count). The number of methoxy groups -OCH3 is 1. The molecule has 0 bridgehead atoms. The van der Waals surface area contributed by atoms with Crippen molar-refractivity contribution in [2.45, 2.75) is 19.9 Å². The van der Waals surface area contributed by atoms with Gasteiger partial charge in [0.05, 0.1) is 30.8 Å². The van der Waals surface area contributed by atoms with Crippen molar-refractivity contribution in [3.05, 3.63) is 11.9 Å². The molecule has 30 heavy (non-hydrogen) atoms. The summed E-state index contributed by atoms with van der Waals surface area (Å²) in [5, 5.41) is 11.7. The molecule has 0 aromatic carbocycles. The number of hydrogen-bond donors (Lipinski definition) is 1. The largest absolute Gasteiger partial charge is 0.384 e. The number of carbonyl (C=O) groups is 1. The molecule has 1 N–H and O–H groups in total. The van der Waals surface area contributed by atoms with Crippen LogP contribution in [0.25, 0.3) is 11.0 Å². The lowest BCUT2D eigenvalue weighted by Crippen LogP contribution is -2.50. The molecule has 2 aromatic heterocycles. The topological polar surface area (TPSA) is 115 Å². The second kappa shape index (κ2) is 9.86.